The summed E-state index contributed by atoms with van der Waals surface area (Å²) in [6, 6.07) is 21.8. The van der Waals surface area contributed by atoms with Gasteiger partial charge >= 0.3 is 11.9 Å². The fraction of sp³-hybridized carbons (Fsp3) is 0.444. The van der Waals surface area contributed by atoms with Gasteiger partial charge in [0.15, 0.2) is 0 Å². The first-order chi connectivity index (χ1) is 20.2. The van der Waals surface area contributed by atoms with Crippen molar-refractivity contribution in [1.82, 2.24) is 0 Å². The Labute approximate surface area is 249 Å². The predicted molar refractivity (Wildman–Crippen MR) is 163 cm³/mol. The van der Waals surface area contributed by atoms with Crippen molar-refractivity contribution in [1.29, 1.82) is 0 Å². The Morgan fingerprint density at radius 1 is 0.833 bits per heavy atom. The molecule has 1 aliphatic carbocycles. The lowest BCUT2D eigenvalue weighted by molar-refractivity contribution is -0.133. The van der Waals surface area contributed by atoms with Gasteiger partial charge in [0.2, 0.25) is 0 Å². The zero-order valence-corrected chi connectivity index (χ0v) is 25.1. The molecule has 2 fully saturated rings. The maximum atomic E-state index is 12.9. The van der Waals surface area contributed by atoms with Crippen LogP contribution in [0.3, 0.4) is 0 Å². The molecule has 1 saturated carbocycles. The highest BCUT2D eigenvalue weighted by Crippen LogP contribution is 2.36. The zero-order chi connectivity index (χ0) is 29.7. The summed E-state index contributed by atoms with van der Waals surface area (Å²) < 4.78 is 22.8. The van der Waals surface area contributed by atoms with Crippen LogP contribution in [-0.4, -0.2) is 37.9 Å². The first kappa shape index (κ1) is 29.8. The van der Waals surface area contributed by atoms with E-state index in [9.17, 15) is 9.59 Å². The molecule has 1 saturated heterocycles. The van der Waals surface area contributed by atoms with Gasteiger partial charge in [-0.25, -0.2) is 9.59 Å². The number of hydrogen-bond acceptors (Lipinski definition) is 6. The van der Waals surface area contributed by atoms with Crippen molar-refractivity contribution < 1.29 is 28.5 Å². The molecule has 2 aliphatic rings. The lowest BCUT2D eigenvalue weighted by Gasteiger charge is -2.40. The average Bonchev–Trinajstić information content (AvgIpc) is 2.97. The Bertz CT molecular complexity index is 1330. The van der Waals surface area contributed by atoms with E-state index in [-0.39, 0.29) is 17.5 Å². The van der Waals surface area contributed by atoms with Crippen molar-refractivity contribution in [3.63, 3.8) is 0 Å². The normalized spacial score (nSPS) is 21.3. The van der Waals surface area contributed by atoms with Crippen molar-refractivity contribution in [3.05, 3.63) is 83.9 Å². The van der Waals surface area contributed by atoms with E-state index in [4.69, 9.17) is 18.9 Å². The van der Waals surface area contributed by atoms with Crippen LogP contribution in [0.4, 0.5) is 0 Å². The molecule has 0 spiro atoms. The third-order valence-corrected chi connectivity index (χ3v) is 8.94. The van der Waals surface area contributed by atoms with Crippen LogP contribution < -0.4 is 9.47 Å². The van der Waals surface area contributed by atoms with Crippen LogP contribution in [0, 0.1) is 23.2 Å². The first-order valence-electron chi connectivity index (χ1n) is 15.2. The minimum Gasteiger partial charge on any atom is -0.493 e. The second kappa shape index (κ2) is 13.1. The number of ether oxygens (including phenoxy) is 4. The van der Waals surface area contributed by atoms with Crippen molar-refractivity contribution in [2.45, 2.75) is 59.5 Å². The second-order valence-corrected chi connectivity index (χ2v) is 12.4. The van der Waals surface area contributed by atoms with Gasteiger partial charge in [-0.1, -0.05) is 58.4 Å². The fourth-order valence-corrected chi connectivity index (χ4v) is 5.84. The van der Waals surface area contributed by atoms with Crippen LogP contribution in [0.2, 0.25) is 0 Å². The number of esters is 2. The van der Waals surface area contributed by atoms with Gasteiger partial charge in [0.05, 0.1) is 36.4 Å². The fourth-order valence-electron chi connectivity index (χ4n) is 5.84. The summed E-state index contributed by atoms with van der Waals surface area (Å²) in [6.45, 7) is 10.9. The molecular formula is C36H42O6. The summed E-state index contributed by atoms with van der Waals surface area (Å²) in [5.74, 6) is 1.98. The molecule has 3 atom stereocenters. The van der Waals surface area contributed by atoms with Gasteiger partial charge in [-0.05, 0) is 96.7 Å². The molecular weight excluding hydrogens is 528 g/mol. The molecule has 5 rings (SSSR count). The van der Waals surface area contributed by atoms with Crippen molar-refractivity contribution in [2.24, 2.45) is 23.2 Å². The number of carbonyl (C=O) groups is 2. The van der Waals surface area contributed by atoms with E-state index in [1.54, 1.807) is 24.3 Å². The Balaban J connectivity index is 1.14. The summed E-state index contributed by atoms with van der Waals surface area (Å²) in [5, 5.41) is 0. The topological polar surface area (TPSA) is 71.1 Å². The summed E-state index contributed by atoms with van der Waals surface area (Å²) in [7, 11) is 0. The zero-order valence-electron chi connectivity index (χ0n) is 25.1. The molecule has 3 unspecified atom stereocenters. The van der Waals surface area contributed by atoms with Gasteiger partial charge in [0, 0.05) is 0 Å². The van der Waals surface area contributed by atoms with Gasteiger partial charge in [-0.3, -0.25) is 0 Å². The monoisotopic (exact) mass is 570 g/mol. The lowest BCUT2D eigenvalue weighted by Crippen LogP contribution is -2.46. The SMILES string of the molecule is CCC1(COc2ccc(OC(=O)c3ccc(-c4ccc(C(=O)OC5CC(C)CCC5C(C)C)cc4)cc3)cc2)COC1. The highest BCUT2D eigenvalue weighted by molar-refractivity contribution is 5.92. The highest BCUT2D eigenvalue weighted by Gasteiger charge is 2.37. The van der Waals surface area contributed by atoms with Crippen LogP contribution in [0.1, 0.15) is 74.1 Å². The number of rotatable bonds is 10. The average molecular weight is 571 g/mol. The van der Waals surface area contributed by atoms with Gasteiger partial charge in [-0.15, -0.1) is 0 Å². The molecule has 3 aromatic rings. The maximum Gasteiger partial charge on any atom is 0.343 e. The van der Waals surface area contributed by atoms with Gasteiger partial charge in [0.1, 0.15) is 17.6 Å². The summed E-state index contributed by atoms with van der Waals surface area (Å²) >= 11 is 0. The number of benzene rings is 3. The minimum atomic E-state index is -0.429. The largest absolute Gasteiger partial charge is 0.493 e. The van der Waals surface area contributed by atoms with Crippen molar-refractivity contribution in [2.75, 3.05) is 19.8 Å². The molecule has 6 nitrogen and oxygen atoms in total. The molecule has 0 amide bonds. The molecule has 6 heteroatoms. The van der Waals surface area contributed by atoms with Gasteiger partial charge in [-0.2, -0.15) is 0 Å². The Morgan fingerprint density at radius 3 is 1.93 bits per heavy atom. The van der Waals surface area contributed by atoms with Crippen molar-refractivity contribution in [3.8, 4) is 22.6 Å². The Kier molecular flexibility index (Phi) is 9.32. The van der Waals surface area contributed by atoms with E-state index in [0.29, 0.717) is 41.2 Å². The highest BCUT2D eigenvalue weighted by atomic mass is 16.5. The van der Waals surface area contributed by atoms with E-state index >= 15 is 0 Å². The Hall–Kier alpha value is -3.64. The van der Waals surface area contributed by atoms with Crippen LogP contribution in [-0.2, 0) is 9.47 Å². The number of carbonyl (C=O) groups excluding carboxylic acids is 2. The molecule has 0 N–H and O–H groups in total. The van der Waals surface area contributed by atoms with Crippen LogP contribution in [0.15, 0.2) is 72.8 Å². The Morgan fingerprint density at radius 2 is 1.40 bits per heavy atom. The van der Waals surface area contributed by atoms with Crippen LogP contribution in [0.25, 0.3) is 11.1 Å². The second-order valence-electron chi connectivity index (χ2n) is 12.4. The van der Waals surface area contributed by atoms with Crippen molar-refractivity contribution >= 4 is 11.9 Å². The molecule has 222 valence electrons. The molecule has 1 aliphatic heterocycles. The predicted octanol–water partition coefficient (Wildman–Crippen LogP) is 8.00. The minimum absolute atomic E-state index is 0.0275. The van der Waals surface area contributed by atoms with E-state index in [2.05, 4.69) is 27.7 Å². The molecule has 42 heavy (non-hydrogen) atoms. The molecule has 0 bridgehead atoms. The van der Waals surface area contributed by atoms with E-state index in [0.717, 1.165) is 49.4 Å². The molecule has 0 radical (unpaired) electrons. The van der Waals surface area contributed by atoms with E-state index < -0.39 is 5.97 Å². The first-order valence-corrected chi connectivity index (χ1v) is 15.2. The van der Waals surface area contributed by atoms with Gasteiger partial charge < -0.3 is 18.9 Å². The standard InChI is InChI=1S/C36H42O6/c1-5-36(21-39-22-36)23-40-30-15-17-31(18-16-30)41-34(37)28-11-7-26(8-12-28)27-9-13-29(14-10-27)35(38)42-33-20-25(4)6-19-32(33)24(2)3/h7-18,24-25,32-33H,5-6,19-23H2,1-4H3. The smallest absolute Gasteiger partial charge is 0.343 e. The third kappa shape index (κ3) is 7.04. The third-order valence-electron chi connectivity index (χ3n) is 8.94. The lowest BCUT2D eigenvalue weighted by atomic mass is 9.75. The van der Waals surface area contributed by atoms with Crippen LogP contribution in [0.5, 0.6) is 11.5 Å². The molecule has 0 aromatic heterocycles. The summed E-state index contributed by atoms with van der Waals surface area (Å²) in [4.78, 5) is 25.7. The molecule has 3 aromatic carbocycles. The van der Waals surface area contributed by atoms with E-state index in [1.165, 1.54) is 6.42 Å². The summed E-state index contributed by atoms with van der Waals surface area (Å²) in [6.07, 6.45) is 4.22. The van der Waals surface area contributed by atoms with E-state index in [1.807, 2.05) is 48.5 Å². The van der Waals surface area contributed by atoms with Crippen LogP contribution >= 0.6 is 0 Å². The quantitative estimate of drug-likeness (QED) is 0.182. The molecule has 1 heterocycles. The number of hydrogen-bond donors (Lipinski definition) is 0. The summed E-state index contributed by atoms with van der Waals surface area (Å²) in [5.41, 5.74) is 3.01. The van der Waals surface area contributed by atoms with Gasteiger partial charge in [0.25, 0.3) is 0 Å². The maximum absolute atomic E-state index is 12.9.